The lowest BCUT2D eigenvalue weighted by Gasteiger charge is -2.29. The third-order valence-electron chi connectivity index (χ3n) is 5.59. The van der Waals surface area contributed by atoms with E-state index in [1.165, 1.54) is 0 Å². The Kier molecular flexibility index (Phi) is 6.13. The quantitative estimate of drug-likeness (QED) is 0.559. The number of nitrogens with zero attached hydrogens (tertiary/aromatic N) is 4. The van der Waals surface area contributed by atoms with Gasteiger partial charge in [-0.15, -0.1) is 0 Å². The fourth-order valence-electron chi connectivity index (χ4n) is 4.13. The van der Waals surface area contributed by atoms with E-state index in [1.807, 2.05) is 36.4 Å². The Hall–Kier alpha value is -3.20. The zero-order chi connectivity index (χ0) is 22.7. The van der Waals surface area contributed by atoms with Gasteiger partial charge in [-0.2, -0.15) is 0 Å². The molecule has 1 spiro atoms. The molecule has 1 atom stereocenters. The topological polar surface area (TPSA) is 77.0 Å². The van der Waals surface area contributed by atoms with E-state index >= 15 is 0 Å². The molecule has 3 aromatic rings. The van der Waals surface area contributed by atoms with Gasteiger partial charge >= 0.3 is 12.1 Å². The van der Waals surface area contributed by atoms with Gasteiger partial charge in [-0.05, 0) is 48.0 Å². The molecular weight excluding hydrogens is 444 g/mol. The van der Waals surface area contributed by atoms with Gasteiger partial charge in [0.25, 0.3) is 0 Å². The second kappa shape index (κ2) is 9.35. The van der Waals surface area contributed by atoms with Gasteiger partial charge in [0.15, 0.2) is 5.60 Å². The molecule has 0 radical (unpaired) electrons. The Morgan fingerprint density at radius 1 is 1.06 bits per heavy atom. The van der Waals surface area contributed by atoms with E-state index in [4.69, 9.17) is 25.8 Å². The Bertz CT molecular complexity index is 1110. The van der Waals surface area contributed by atoms with Crippen LogP contribution in [-0.2, 0) is 16.0 Å². The van der Waals surface area contributed by atoms with E-state index in [2.05, 4.69) is 14.9 Å². The minimum absolute atomic E-state index is 0.303. The number of carbonyl (C=O) groups excluding carboxylic acids is 1. The van der Waals surface area contributed by atoms with Crippen LogP contribution >= 0.6 is 11.6 Å². The lowest BCUT2D eigenvalue weighted by molar-refractivity contribution is -0.0154. The molecule has 0 saturated carbocycles. The van der Waals surface area contributed by atoms with Crippen molar-refractivity contribution in [1.82, 2.24) is 14.9 Å². The van der Waals surface area contributed by atoms with Crippen LogP contribution in [0, 0.1) is 0 Å². The highest BCUT2D eigenvalue weighted by Crippen LogP contribution is 2.31. The average Bonchev–Trinajstić information content (AvgIpc) is 3.00. The van der Waals surface area contributed by atoms with Crippen LogP contribution in [0.25, 0.3) is 0 Å². The maximum absolute atomic E-state index is 12.7. The van der Waals surface area contributed by atoms with Gasteiger partial charge in [-0.1, -0.05) is 23.7 Å². The van der Waals surface area contributed by atoms with Crippen molar-refractivity contribution in [3.8, 4) is 11.8 Å². The molecule has 33 heavy (non-hydrogen) atoms. The summed E-state index contributed by atoms with van der Waals surface area (Å²) in [5.41, 5.74) is 1.09. The number of anilines is 1. The summed E-state index contributed by atoms with van der Waals surface area (Å²) in [5.74, 6) is 0.667. The summed E-state index contributed by atoms with van der Waals surface area (Å²) < 4.78 is 17.5. The molecule has 2 saturated heterocycles. The Morgan fingerprint density at radius 3 is 2.70 bits per heavy atom. The fourth-order valence-corrected chi connectivity index (χ4v) is 4.25. The van der Waals surface area contributed by atoms with E-state index in [9.17, 15) is 4.79 Å². The number of amides is 1. The van der Waals surface area contributed by atoms with Gasteiger partial charge in [0.05, 0.1) is 19.8 Å². The predicted octanol–water partition coefficient (Wildman–Crippen LogP) is 4.15. The second-order valence-corrected chi connectivity index (χ2v) is 8.59. The van der Waals surface area contributed by atoms with Crippen LogP contribution in [0.15, 0.2) is 67.0 Å². The lowest BCUT2D eigenvalue weighted by atomic mass is 10.0. The van der Waals surface area contributed by atoms with Crippen molar-refractivity contribution in [3.05, 3.63) is 77.6 Å². The summed E-state index contributed by atoms with van der Waals surface area (Å²) in [6.45, 7) is 3.29. The molecule has 9 heteroatoms. The first-order valence-corrected chi connectivity index (χ1v) is 11.1. The monoisotopic (exact) mass is 466 g/mol. The van der Waals surface area contributed by atoms with Crippen LogP contribution in [0.1, 0.15) is 5.56 Å². The highest BCUT2D eigenvalue weighted by atomic mass is 35.5. The van der Waals surface area contributed by atoms with Crippen molar-refractivity contribution >= 4 is 23.4 Å². The van der Waals surface area contributed by atoms with E-state index in [1.54, 1.807) is 35.5 Å². The third-order valence-corrected chi connectivity index (χ3v) is 5.85. The van der Waals surface area contributed by atoms with Crippen LogP contribution in [-0.4, -0.2) is 59.4 Å². The van der Waals surface area contributed by atoms with Gasteiger partial charge in [-0.3, -0.25) is 9.80 Å². The zero-order valence-corrected chi connectivity index (χ0v) is 18.6. The number of hydrogen-bond donors (Lipinski definition) is 0. The van der Waals surface area contributed by atoms with Crippen LogP contribution in [0.3, 0.4) is 0 Å². The number of benzene rings is 2. The summed E-state index contributed by atoms with van der Waals surface area (Å²) in [5, 5.41) is 0.620. The number of ether oxygens (including phenoxy) is 3. The summed E-state index contributed by atoms with van der Waals surface area (Å²) in [7, 11) is 0. The van der Waals surface area contributed by atoms with Crippen molar-refractivity contribution < 1.29 is 19.0 Å². The predicted molar refractivity (Wildman–Crippen MR) is 123 cm³/mol. The van der Waals surface area contributed by atoms with E-state index < -0.39 is 5.60 Å². The molecule has 2 fully saturated rings. The molecule has 0 bridgehead atoms. The molecule has 2 aromatic carbocycles. The fraction of sp³-hybridized carbons (Fsp3) is 0.292. The Labute approximate surface area is 196 Å². The highest BCUT2D eigenvalue weighted by Gasteiger charge is 2.48. The first-order chi connectivity index (χ1) is 16.1. The standard InChI is InChI=1S/C24H23ClN4O4/c25-19-5-7-20(8-6-19)29-16-24(33-23(29)30)15-28(11-12-31-17-24)14-18-3-1-4-21(13-18)32-22-26-9-2-10-27-22/h1-10,13H,11-12,14-17H2. The van der Waals surface area contributed by atoms with E-state index in [0.29, 0.717) is 49.6 Å². The molecule has 5 rings (SSSR count). The first-order valence-electron chi connectivity index (χ1n) is 10.7. The van der Waals surface area contributed by atoms with Crippen molar-refractivity contribution in [1.29, 1.82) is 0 Å². The molecule has 0 aliphatic carbocycles. The minimum atomic E-state index is -0.737. The third kappa shape index (κ3) is 5.08. The maximum Gasteiger partial charge on any atom is 0.415 e. The summed E-state index contributed by atoms with van der Waals surface area (Å²) in [6.07, 6.45) is 2.90. The Balaban J connectivity index is 1.29. The van der Waals surface area contributed by atoms with Crippen LogP contribution in [0.4, 0.5) is 10.5 Å². The molecule has 2 aliphatic heterocycles. The van der Waals surface area contributed by atoms with Crippen molar-refractivity contribution in [2.75, 3.05) is 37.7 Å². The number of hydrogen-bond acceptors (Lipinski definition) is 7. The van der Waals surface area contributed by atoms with Gasteiger partial charge in [0.1, 0.15) is 5.75 Å². The maximum atomic E-state index is 12.7. The number of halogens is 1. The summed E-state index contributed by atoms with van der Waals surface area (Å²) >= 11 is 5.99. The van der Waals surface area contributed by atoms with Crippen molar-refractivity contribution in [2.24, 2.45) is 0 Å². The Morgan fingerprint density at radius 2 is 1.88 bits per heavy atom. The minimum Gasteiger partial charge on any atom is -0.437 e. The summed E-state index contributed by atoms with van der Waals surface area (Å²) in [4.78, 5) is 24.8. The van der Waals surface area contributed by atoms with Crippen molar-refractivity contribution in [2.45, 2.75) is 12.1 Å². The second-order valence-electron chi connectivity index (χ2n) is 8.16. The molecule has 1 aromatic heterocycles. The van der Waals surface area contributed by atoms with E-state index in [-0.39, 0.29) is 6.09 Å². The van der Waals surface area contributed by atoms with Gasteiger partial charge in [0.2, 0.25) is 0 Å². The molecule has 0 N–H and O–H groups in total. The number of rotatable bonds is 5. The van der Waals surface area contributed by atoms with Crippen LogP contribution < -0.4 is 9.64 Å². The summed E-state index contributed by atoms with van der Waals surface area (Å²) in [6, 6.07) is 17.0. The number of aromatic nitrogens is 2. The molecule has 1 amide bonds. The lowest BCUT2D eigenvalue weighted by Crippen LogP contribution is -2.47. The first kappa shape index (κ1) is 21.6. The molecule has 1 unspecified atom stereocenters. The zero-order valence-electron chi connectivity index (χ0n) is 17.9. The van der Waals surface area contributed by atoms with Gasteiger partial charge in [-0.25, -0.2) is 14.8 Å². The van der Waals surface area contributed by atoms with Crippen LogP contribution in [0.2, 0.25) is 5.02 Å². The van der Waals surface area contributed by atoms with E-state index in [0.717, 1.165) is 17.8 Å². The SMILES string of the molecule is O=C1OC2(COCCN(Cc3cccc(Oc4ncccn4)c3)C2)CN1c1ccc(Cl)cc1. The molecular formula is C24H23ClN4O4. The largest absolute Gasteiger partial charge is 0.437 e. The van der Waals surface area contributed by atoms with Gasteiger partial charge < -0.3 is 14.2 Å². The van der Waals surface area contributed by atoms with Gasteiger partial charge in [0, 0.05) is 42.7 Å². The molecule has 8 nitrogen and oxygen atoms in total. The smallest absolute Gasteiger partial charge is 0.415 e. The normalized spacial score (nSPS) is 21.1. The molecule has 3 heterocycles. The molecule has 2 aliphatic rings. The molecule has 170 valence electrons. The average molecular weight is 467 g/mol. The van der Waals surface area contributed by atoms with Crippen LogP contribution in [0.5, 0.6) is 11.8 Å². The van der Waals surface area contributed by atoms with Crippen molar-refractivity contribution in [3.63, 3.8) is 0 Å². The number of carbonyl (C=O) groups is 1. The highest BCUT2D eigenvalue weighted by molar-refractivity contribution is 6.30.